The molecule has 1 unspecified atom stereocenters. The van der Waals surface area contributed by atoms with Gasteiger partial charge in [-0.15, -0.1) is 11.8 Å². The van der Waals surface area contributed by atoms with Crippen LogP contribution in [-0.4, -0.2) is 23.1 Å². The average Bonchev–Trinajstić information content (AvgIpc) is 3.23. The van der Waals surface area contributed by atoms with Crippen LogP contribution in [0.4, 0.5) is 0 Å². The minimum absolute atomic E-state index is 0.0218. The van der Waals surface area contributed by atoms with Crippen LogP contribution in [0, 0.1) is 19.3 Å². The first kappa shape index (κ1) is 18.6. The van der Waals surface area contributed by atoms with Crippen molar-refractivity contribution in [2.45, 2.75) is 40.0 Å². The Labute approximate surface area is 158 Å². The molecule has 0 fully saturated rings. The summed E-state index contributed by atoms with van der Waals surface area (Å²) in [4.78, 5) is 11.9. The maximum absolute atomic E-state index is 11.9. The Balaban J connectivity index is 1.62. The van der Waals surface area contributed by atoms with Crippen LogP contribution in [0.2, 0.25) is 0 Å². The number of ether oxygens (including phenoxy) is 1. The van der Waals surface area contributed by atoms with Gasteiger partial charge in [-0.25, -0.2) is 0 Å². The molecule has 5 nitrogen and oxygen atoms in total. The number of aryl methyl sites for hydroxylation is 2. The zero-order chi connectivity index (χ0) is 18.9. The number of carbonyl (C=O) groups excluding carboxylic acids is 1. The molecule has 1 aromatic carbocycles. The molecule has 0 saturated carbocycles. The van der Waals surface area contributed by atoms with Crippen molar-refractivity contribution < 1.29 is 14.1 Å². The summed E-state index contributed by atoms with van der Waals surface area (Å²) in [5.74, 6) is 0.473. The van der Waals surface area contributed by atoms with Crippen molar-refractivity contribution in [2.75, 3.05) is 6.61 Å². The predicted octanol–water partition coefficient (Wildman–Crippen LogP) is 4.51. The third kappa shape index (κ3) is 4.12. The molecule has 0 spiro atoms. The zero-order valence-electron chi connectivity index (χ0n) is 15.8. The number of nitrogens with one attached hydrogen (secondary N) is 1. The maximum atomic E-state index is 11.9. The summed E-state index contributed by atoms with van der Waals surface area (Å²) in [6, 6.07) is 8.16. The number of aromatic nitrogens is 1. The molecule has 0 aliphatic carbocycles. The lowest BCUT2D eigenvalue weighted by Gasteiger charge is -2.19. The van der Waals surface area contributed by atoms with E-state index >= 15 is 0 Å². The molecular weight excluding hydrogens is 348 g/mol. The Hall–Kier alpha value is -2.21. The third-order valence-corrected chi connectivity index (χ3v) is 5.18. The molecule has 1 atom stereocenters. The van der Waals surface area contributed by atoms with Gasteiger partial charge in [0.2, 0.25) is 0 Å². The van der Waals surface area contributed by atoms with E-state index in [1.54, 1.807) is 11.8 Å². The molecule has 0 radical (unpaired) electrons. The molecule has 0 saturated heterocycles. The van der Waals surface area contributed by atoms with Crippen molar-refractivity contribution >= 4 is 23.4 Å². The van der Waals surface area contributed by atoms with Crippen molar-refractivity contribution in [3.05, 3.63) is 46.6 Å². The van der Waals surface area contributed by atoms with Crippen molar-refractivity contribution in [1.29, 1.82) is 0 Å². The van der Waals surface area contributed by atoms with E-state index in [1.807, 2.05) is 38.3 Å². The monoisotopic (exact) mass is 372 g/mol. The molecule has 1 aromatic heterocycles. The molecular formula is C20H24N2O3S. The van der Waals surface area contributed by atoms with Crippen LogP contribution in [0.1, 0.15) is 37.7 Å². The lowest BCUT2D eigenvalue weighted by molar-refractivity contribution is -0.152. The predicted molar refractivity (Wildman–Crippen MR) is 104 cm³/mol. The van der Waals surface area contributed by atoms with Crippen LogP contribution in [0.5, 0.6) is 0 Å². The molecule has 0 bridgehead atoms. The summed E-state index contributed by atoms with van der Waals surface area (Å²) >= 11 is 1.57. The largest absolute Gasteiger partial charge is 0.462 e. The van der Waals surface area contributed by atoms with Gasteiger partial charge in [0, 0.05) is 17.0 Å². The number of rotatable bonds is 4. The summed E-state index contributed by atoms with van der Waals surface area (Å²) < 4.78 is 10.9. The van der Waals surface area contributed by atoms with Gasteiger partial charge in [-0.2, -0.15) is 0 Å². The molecule has 1 aliphatic heterocycles. The smallest absolute Gasteiger partial charge is 0.311 e. The number of hydrogen-bond acceptors (Lipinski definition) is 6. The molecule has 3 rings (SSSR count). The van der Waals surface area contributed by atoms with Crippen LogP contribution in [0.25, 0.3) is 17.0 Å². The van der Waals surface area contributed by atoms with Gasteiger partial charge in [-0.1, -0.05) is 17.3 Å². The van der Waals surface area contributed by atoms with E-state index in [0.29, 0.717) is 12.4 Å². The number of thioether (sulfide) groups is 1. The quantitative estimate of drug-likeness (QED) is 0.797. The second-order valence-corrected chi connectivity index (χ2v) is 8.60. The Morgan fingerprint density at radius 2 is 2.04 bits per heavy atom. The van der Waals surface area contributed by atoms with Crippen molar-refractivity contribution in [1.82, 2.24) is 10.5 Å². The van der Waals surface area contributed by atoms with Crippen molar-refractivity contribution in [3.63, 3.8) is 0 Å². The summed E-state index contributed by atoms with van der Waals surface area (Å²) in [5, 5.41) is 9.45. The molecule has 2 aromatic rings. The molecule has 1 N–H and O–H groups in total. The van der Waals surface area contributed by atoms with Gasteiger partial charge in [-0.05, 0) is 51.8 Å². The first-order valence-electron chi connectivity index (χ1n) is 8.58. The normalized spacial score (nSPS) is 17.0. The standard InChI is InChI=1S/C20H24N2O3S/c1-12-6-7-14(8-13(12)2)15-9-17(25-22-15)16-11-26-18(21-16)10-24-19(23)20(3,4)5/h6-9,11,18,21H,10H2,1-5H3. The average molecular weight is 372 g/mol. The lowest BCUT2D eigenvalue weighted by atomic mass is 9.97. The van der Waals surface area contributed by atoms with Crippen LogP contribution in [-0.2, 0) is 9.53 Å². The van der Waals surface area contributed by atoms with Gasteiger partial charge < -0.3 is 14.6 Å². The number of carbonyl (C=O) groups is 1. The van der Waals surface area contributed by atoms with Crippen molar-refractivity contribution in [2.24, 2.45) is 5.41 Å². The highest BCUT2D eigenvalue weighted by Gasteiger charge is 2.26. The zero-order valence-corrected chi connectivity index (χ0v) is 16.6. The first-order valence-corrected chi connectivity index (χ1v) is 9.52. The van der Waals surface area contributed by atoms with Crippen LogP contribution >= 0.6 is 11.8 Å². The van der Waals surface area contributed by atoms with E-state index < -0.39 is 5.41 Å². The fraction of sp³-hybridized carbons (Fsp3) is 0.400. The SMILES string of the molecule is Cc1ccc(-c2cc(C3=CSC(COC(=O)C(C)(C)C)N3)on2)cc1C. The molecule has 26 heavy (non-hydrogen) atoms. The second kappa shape index (κ2) is 7.19. The number of hydrogen-bond donors (Lipinski definition) is 1. The van der Waals surface area contributed by atoms with E-state index in [4.69, 9.17) is 9.26 Å². The highest BCUT2D eigenvalue weighted by molar-refractivity contribution is 8.03. The maximum Gasteiger partial charge on any atom is 0.311 e. The van der Waals surface area contributed by atoms with Gasteiger partial charge in [0.25, 0.3) is 0 Å². The molecule has 0 amide bonds. The second-order valence-electron chi connectivity index (χ2n) is 7.52. The van der Waals surface area contributed by atoms with Gasteiger partial charge >= 0.3 is 5.97 Å². The Kier molecular flexibility index (Phi) is 5.14. The molecule has 1 aliphatic rings. The van der Waals surface area contributed by atoms with Gasteiger partial charge in [0.05, 0.1) is 11.1 Å². The number of nitrogens with zero attached hydrogens (tertiary/aromatic N) is 1. The molecule has 6 heteroatoms. The topological polar surface area (TPSA) is 64.4 Å². The highest BCUT2D eigenvalue weighted by atomic mass is 32.2. The van der Waals surface area contributed by atoms with E-state index in [2.05, 4.69) is 36.5 Å². The van der Waals surface area contributed by atoms with Crippen molar-refractivity contribution in [3.8, 4) is 11.3 Å². The van der Waals surface area contributed by atoms with Crippen LogP contribution in [0.3, 0.4) is 0 Å². The third-order valence-electron chi connectivity index (χ3n) is 4.22. The van der Waals surface area contributed by atoms with E-state index in [9.17, 15) is 4.79 Å². The van der Waals surface area contributed by atoms with Crippen LogP contribution < -0.4 is 5.32 Å². The van der Waals surface area contributed by atoms with Gasteiger partial charge in [0.1, 0.15) is 17.7 Å². The lowest BCUT2D eigenvalue weighted by Crippen LogP contribution is -2.30. The minimum atomic E-state index is -0.495. The molecule has 2 heterocycles. The van der Waals surface area contributed by atoms with Gasteiger partial charge in [-0.3, -0.25) is 4.79 Å². The fourth-order valence-corrected chi connectivity index (χ4v) is 3.23. The Morgan fingerprint density at radius 3 is 2.73 bits per heavy atom. The summed E-state index contributed by atoms with van der Waals surface area (Å²) in [7, 11) is 0. The van der Waals surface area contributed by atoms with E-state index in [-0.39, 0.29) is 11.3 Å². The summed E-state index contributed by atoms with van der Waals surface area (Å²) in [5.41, 5.74) is 4.67. The van der Waals surface area contributed by atoms with Gasteiger partial charge in [0.15, 0.2) is 5.76 Å². The van der Waals surface area contributed by atoms with Crippen LogP contribution in [0.15, 0.2) is 34.2 Å². The van der Waals surface area contributed by atoms with E-state index in [0.717, 1.165) is 17.0 Å². The summed E-state index contributed by atoms with van der Waals surface area (Å²) in [6.07, 6.45) is 0. The summed E-state index contributed by atoms with van der Waals surface area (Å²) in [6.45, 7) is 10.0. The minimum Gasteiger partial charge on any atom is -0.462 e. The first-order chi connectivity index (χ1) is 12.2. The Bertz CT molecular complexity index is 849. The number of benzene rings is 1. The highest BCUT2D eigenvalue weighted by Crippen LogP contribution is 2.30. The molecule has 138 valence electrons. The fourth-order valence-electron chi connectivity index (χ4n) is 2.41. The Morgan fingerprint density at radius 1 is 1.27 bits per heavy atom. The number of esters is 1. The van der Waals surface area contributed by atoms with E-state index in [1.165, 1.54) is 11.1 Å².